The van der Waals surface area contributed by atoms with Gasteiger partial charge in [-0.1, -0.05) is 172 Å². The predicted molar refractivity (Wildman–Crippen MR) is 190 cm³/mol. The van der Waals surface area contributed by atoms with Gasteiger partial charge in [0.2, 0.25) is 0 Å². The van der Waals surface area contributed by atoms with E-state index in [2.05, 4.69) is 166 Å². The summed E-state index contributed by atoms with van der Waals surface area (Å²) in [7, 11) is 0. The van der Waals surface area contributed by atoms with Gasteiger partial charge >= 0.3 is 0 Å². The number of hydrogen-bond donors (Lipinski definition) is 0. The zero-order valence-corrected chi connectivity index (χ0v) is 26.8. The van der Waals surface area contributed by atoms with Gasteiger partial charge in [0, 0.05) is 0 Å². The van der Waals surface area contributed by atoms with Crippen molar-refractivity contribution >= 4 is 0 Å². The number of rotatable bonds is 16. The second kappa shape index (κ2) is 16.8. The Labute approximate surface area is 267 Å². The molecule has 0 aliphatic heterocycles. The topological polar surface area (TPSA) is 0 Å². The van der Waals surface area contributed by atoms with Crippen LogP contribution in [-0.4, -0.2) is 0 Å². The van der Waals surface area contributed by atoms with Gasteiger partial charge in [-0.2, -0.15) is 0 Å². The van der Waals surface area contributed by atoms with E-state index >= 15 is 0 Å². The van der Waals surface area contributed by atoms with Crippen molar-refractivity contribution < 1.29 is 0 Å². The SMILES string of the molecule is CCCC(CC(CC(CC(CC(CC)c1ccccc1)c1ccccc1)c1ccccc1)c1ccccc1)c1ccccc1. The van der Waals surface area contributed by atoms with E-state index in [9.17, 15) is 0 Å². The Bertz CT molecular complexity index is 1440. The van der Waals surface area contributed by atoms with Crippen molar-refractivity contribution in [1.82, 2.24) is 0 Å². The van der Waals surface area contributed by atoms with Gasteiger partial charge in [0.25, 0.3) is 0 Å². The van der Waals surface area contributed by atoms with Crippen molar-refractivity contribution in [3.63, 3.8) is 0 Å². The Balaban J connectivity index is 1.49. The maximum Gasteiger partial charge on any atom is -0.0150 e. The lowest BCUT2D eigenvalue weighted by Gasteiger charge is -2.32. The summed E-state index contributed by atoms with van der Waals surface area (Å²) in [5, 5.41) is 0. The summed E-state index contributed by atoms with van der Waals surface area (Å²) >= 11 is 0. The van der Waals surface area contributed by atoms with Crippen molar-refractivity contribution in [2.75, 3.05) is 0 Å². The Morgan fingerprint density at radius 2 is 0.568 bits per heavy atom. The van der Waals surface area contributed by atoms with Crippen molar-refractivity contribution in [1.29, 1.82) is 0 Å². The summed E-state index contributed by atoms with van der Waals surface area (Å²) in [6, 6.07) is 56.6. The highest BCUT2D eigenvalue weighted by Crippen LogP contribution is 2.44. The first-order valence-corrected chi connectivity index (χ1v) is 17.0. The van der Waals surface area contributed by atoms with Crippen LogP contribution < -0.4 is 0 Å². The van der Waals surface area contributed by atoms with Crippen LogP contribution in [-0.2, 0) is 0 Å². The van der Waals surface area contributed by atoms with Crippen LogP contribution in [0, 0.1) is 0 Å². The molecule has 226 valence electrons. The van der Waals surface area contributed by atoms with Crippen LogP contribution in [0.4, 0.5) is 0 Å². The molecular weight excluding hydrogens is 528 g/mol. The van der Waals surface area contributed by atoms with Gasteiger partial charge in [-0.25, -0.2) is 0 Å². The molecule has 0 aliphatic carbocycles. The molecule has 5 aromatic carbocycles. The second-order valence-corrected chi connectivity index (χ2v) is 12.7. The van der Waals surface area contributed by atoms with E-state index in [0.717, 1.165) is 19.3 Å². The average molecular weight is 579 g/mol. The van der Waals surface area contributed by atoms with Crippen LogP contribution in [0.1, 0.15) is 116 Å². The molecule has 0 saturated heterocycles. The molecule has 0 aliphatic rings. The Kier molecular flexibility index (Phi) is 12.0. The van der Waals surface area contributed by atoms with Crippen LogP contribution in [0.25, 0.3) is 0 Å². The molecule has 0 radical (unpaired) electrons. The lowest BCUT2D eigenvalue weighted by molar-refractivity contribution is 0.397. The number of hydrogen-bond acceptors (Lipinski definition) is 0. The number of benzene rings is 5. The highest BCUT2D eigenvalue weighted by molar-refractivity contribution is 5.29. The lowest BCUT2D eigenvalue weighted by atomic mass is 9.73. The first-order valence-electron chi connectivity index (χ1n) is 17.0. The minimum absolute atomic E-state index is 0.470. The fourth-order valence-corrected chi connectivity index (χ4v) is 7.41. The summed E-state index contributed by atoms with van der Waals surface area (Å²) < 4.78 is 0. The zero-order valence-electron chi connectivity index (χ0n) is 26.8. The summed E-state index contributed by atoms with van der Waals surface area (Å²) in [5.74, 6) is 2.57. The van der Waals surface area contributed by atoms with Gasteiger partial charge in [0.1, 0.15) is 0 Å². The van der Waals surface area contributed by atoms with Crippen molar-refractivity contribution in [3.05, 3.63) is 179 Å². The first kappa shape index (κ1) is 31.5. The molecule has 5 aromatic rings. The minimum atomic E-state index is 0.470. The molecule has 5 unspecified atom stereocenters. The molecule has 0 amide bonds. The van der Waals surface area contributed by atoms with Crippen molar-refractivity contribution in [2.45, 2.75) is 88.4 Å². The highest BCUT2D eigenvalue weighted by Gasteiger charge is 2.28. The Morgan fingerprint density at radius 1 is 0.318 bits per heavy atom. The van der Waals surface area contributed by atoms with Crippen LogP contribution >= 0.6 is 0 Å². The Morgan fingerprint density at radius 3 is 0.864 bits per heavy atom. The van der Waals surface area contributed by atoms with E-state index in [1.165, 1.54) is 53.5 Å². The van der Waals surface area contributed by atoms with Gasteiger partial charge in [-0.15, -0.1) is 0 Å². The zero-order chi connectivity index (χ0) is 30.4. The van der Waals surface area contributed by atoms with E-state index in [0.29, 0.717) is 29.6 Å². The van der Waals surface area contributed by atoms with Crippen LogP contribution in [0.5, 0.6) is 0 Å². The van der Waals surface area contributed by atoms with E-state index in [1.54, 1.807) is 0 Å². The quantitative estimate of drug-likeness (QED) is 0.109. The monoisotopic (exact) mass is 578 g/mol. The van der Waals surface area contributed by atoms with Crippen LogP contribution in [0.2, 0.25) is 0 Å². The molecule has 0 spiro atoms. The third kappa shape index (κ3) is 8.82. The minimum Gasteiger partial charge on any atom is -0.0654 e. The Hall–Kier alpha value is -3.90. The van der Waals surface area contributed by atoms with E-state index in [-0.39, 0.29) is 0 Å². The highest BCUT2D eigenvalue weighted by atomic mass is 14.3. The van der Waals surface area contributed by atoms with Crippen molar-refractivity contribution in [3.8, 4) is 0 Å². The third-order valence-corrected chi connectivity index (χ3v) is 9.76. The standard InChI is InChI=1S/C44H50/c1-3-20-41(37-23-12-6-13-24-37)32-43(39-27-16-8-17-28-39)34-44(40-29-18-9-19-30-40)33-42(38-25-14-7-15-26-38)31-35(4-2)36-21-10-5-11-22-36/h5-19,21-30,35,41-44H,3-4,20,31-34H2,1-2H3. The van der Waals surface area contributed by atoms with Gasteiger partial charge < -0.3 is 0 Å². The third-order valence-electron chi connectivity index (χ3n) is 9.76. The summed E-state index contributed by atoms with van der Waals surface area (Å²) in [5.41, 5.74) is 7.40. The second-order valence-electron chi connectivity index (χ2n) is 12.7. The lowest BCUT2D eigenvalue weighted by Crippen LogP contribution is -2.15. The van der Waals surface area contributed by atoms with Crippen molar-refractivity contribution in [2.24, 2.45) is 0 Å². The molecular formula is C44H50. The largest absolute Gasteiger partial charge is 0.0654 e. The molecule has 5 atom stereocenters. The van der Waals surface area contributed by atoms with E-state index in [4.69, 9.17) is 0 Å². The van der Waals surface area contributed by atoms with Gasteiger partial charge in [-0.05, 0) is 95.9 Å². The molecule has 5 rings (SSSR count). The average Bonchev–Trinajstić information content (AvgIpc) is 3.10. The van der Waals surface area contributed by atoms with Gasteiger partial charge in [0.15, 0.2) is 0 Å². The van der Waals surface area contributed by atoms with E-state index < -0.39 is 0 Å². The normalized spacial score (nSPS) is 14.8. The molecule has 0 heteroatoms. The van der Waals surface area contributed by atoms with Crippen LogP contribution in [0.3, 0.4) is 0 Å². The summed E-state index contributed by atoms with van der Waals surface area (Å²) in [6.07, 6.45) is 8.26. The molecule has 0 saturated carbocycles. The fourth-order valence-electron chi connectivity index (χ4n) is 7.41. The van der Waals surface area contributed by atoms with E-state index in [1.807, 2.05) is 0 Å². The molecule has 0 heterocycles. The smallest absolute Gasteiger partial charge is 0.0150 e. The molecule has 0 N–H and O–H groups in total. The predicted octanol–water partition coefficient (Wildman–Crippen LogP) is 12.7. The molecule has 44 heavy (non-hydrogen) atoms. The maximum atomic E-state index is 2.38. The summed E-state index contributed by atoms with van der Waals surface area (Å²) in [4.78, 5) is 0. The maximum absolute atomic E-state index is 2.38. The molecule has 0 fully saturated rings. The first-order chi connectivity index (χ1) is 21.7. The van der Waals surface area contributed by atoms with Gasteiger partial charge in [-0.3, -0.25) is 0 Å². The summed E-state index contributed by atoms with van der Waals surface area (Å²) in [6.45, 7) is 4.69. The van der Waals surface area contributed by atoms with Gasteiger partial charge in [0.05, 0.1) is 0 Å². The fraction of sp³-hybridized carbons (Fsp3) is 0.318. The molecule has 0 aromatic heterocycles. The molecule has 0 nitrogen and oxygen atoms in total. The van der Waals surface area contributed by atoms with Crippen LogP contribution in [0.15, 0.2) is 152 Å². The molecule has 0 bridgehead atoms.